The van der Waals surface area contributed by atoms with Crippen molar-refractivity contribution in [1.29, 1.82) is 0 Å². The molecule has 6 nitrogen and oxygen atoms in total. The van der Waals surface area contributed by atoms with Crippen LogP contribution in [0.3, 0.4) is 0 Å². The van der Waals surface area contributed by atoms with Gasteiger partial charge in [-0.15, -0.1) is 0 Å². The first-order valence-electron chi connectivity index (χ1n) is 11.7. The Morgan fingerprint density at radius 2 is 1.76 bits per heavy atom. The van der Waals surface area contributed by atoms with Crippen LogP contribution in [0, 0.1) is 18.7 Å². The number of methoxy groups -OCH3 is 2. The molecule has 0 spiro atoms. The number of hydrazone groups is 1. The van der Waals surface area contributed by atoms with Crippen molar-refractivity contribution >= 4 is 17.4 Å². The van der Waals surface area contributed by atoms with Gasteiger partial charge in [0, 0.05) is 5.56 Å². The molecular formula is C28H26F4N2O4. The van der Waals surface area contributed by atoms with Crippen LogP contribution in [-0.2, 0) is 16.0 Å². The van der Waals surface area contributed by atoms with Crippen LogP contribution in [0.25, 0.3) is 11.1 Å². The van der Waals surface area contributed by atoms with Crippen LogP contribution >= 0.6 is 0 Å². The SMILES string of the molecule is COC(=O)C1C(CO)C(C(F)(F)F)=NN1c1ccc(Cc2ccc(-c3cc(OC)ccc3F)cc2C)cc1. The molecule has 2 unspecified atom stereocenters. The van der Waals surface area contributed by atoms with E-state index in [4.69, 9.17) is 9.47 Å². The Morgan fingerprint density at radius 3 is 2.34 bits per heavy atom. The summed E-state index contributed by atoms with van der Waals surface area (Å²) in [4.78, 5) is 12.3. The van der Waals surface area contributed by atoms with Gasteiger partial charge in [0.1, 0.15) is 17.3 Å². The number of anilines is 1. The number of aliphatic hydroxyl groups excluding tert-OH is 1. The summed E-state index contributed by atoms with van der Waals surface area (Å²) in [5.41, 5.74) is 2.93. The third kappa shape index (κ3) is 5.35. The van der Waals surface area contributed by atoms with Gasteiger partial charge in [-0.3, -0.25) is 5.01 Å². The van der Waals surface area contributed by atoms with E-state index >= 15 is 0 Å². The molecule has 0 saturated carbocycles. The lowest BCUT2D eigenvalue weighted by atomic mass is 9.95. The molecule has 1 aliphatic heterocycles. The molecule has 38 heavy (non-hydrogen) atoms. The monoisotopic (exact) mass is 530 g/mol. The Hall–Kier alpha value is -3.92. The molecule has 1 aliphatic rings. The fourth-order valence-electron chi connectivity index (χ4n) is 4.53. The molecule has 3 aromatic carbocycles. The number of benzene rings is 3. The minimum Gasteiger partial charge on any atom is -0.497 e. The summed E-state index contributed by atoms with van der Waals surface area (Å²) >= 11 is 0. The number of ether oxygens (including phenoxy) is 2. The molecule has 4 rings (SSSR count). The molecule has 10 heteroatoms. The van der Waals surface area contributed by atoms with E-state index in [-0.39, 0.29) is 11.5 Å². The van der Waals surface area contributed by atoms with Gasteiger partial charge in [-0.2, -0.15) is 18.3 Å². The number of halogens is 4. The molecule has 0 aliphatic carbocycles. The Labute approximate surface area is 217 Å². The quantitative estimate of drug-likeness (QED) is 0.332. The van der Waals surface area contributed by atoms with E-state index in [1.165, 1.54) is 13.2 Å². The Bertz CT molecular complexity index is 1360. The molecule has 0 saturated heterocycles. The predicted octanol–water partition coefficient (Wildman–Crippen LogP) is 5.29. The number of aliphatic hydroxyl groups is 1. The molecular weight excluding hydrogens is 504 g/mol. The first kappa shape index (κ1) is 27.1. The van der Waals surface area contributed by atoms with E-state index in [1.54, 1.807) is 36.4 Å². The van der Waals surface area contributed by atoms with Crippen LogP contribution in [0.2, 0.25) is 0 Å². The van der Waals surface area contributed by atoms with Crippen LogP contribution in [-0.4, -0.2) is 49.8 Å². The van der Waals surface area contributed by atoms with Crippen molar-refractivity contribution in [2.75, 3.05) is 25.8 Å². The summed E-state index contributed by atoms with van der Waals surface area (Å²) in [5.74, 6) is -2.31. The van der Waals surface area contributed by atoms with Crippen molar-refractivity contribution in [3.05, 3.63) is 83.2 Å². The number of nitrogens with zero attached hydrogens (tertiary/aromatic N) is 2. The van der Waals surface area contributed by atoms with Crippen molar-refractivity contribution in [1.82, 2.24) is 0 Å². The zero-order valence-corrected chi connectivity index (χ0v) is 20.9. The molecule has 0 fully saturated rings. The maximum absolute atomic E-state index is 14.4. The highest BCUT2D eigenvalue weighted by Gasteiger charge is 2.53. The molecule has 0 aromatic heterocycles. The lowest BCUT2D eigenvalue weighted by molar-refractivity contribution is -0.143. The average Bonchev–Trinajstić information content (AvgIpc) is 3.30. The van der Waals surface area contributed by atoms with Gasteiger partial charge in [0.25, 0.3) is 0 Å². The summed E-state index contributed by atoms with van der Waals surface area (Å²) in [5, 5.41) is 14.2. The number of aryl methyl sites for hydroxylation is 1. The Kier molecular flexibility index (Phi) is 7.73. The number of hydrogen-bond acceptors (Lipinski definition) is 6. The number of esters is 1. The van der Waals surface area contributed by atoms with Gasteiger partial charge in [-0.05, 0) is 65.9 Å². The summed E-state index contributed by atoms with van der Waals surface area (Å²) in [6.07, 6.45) is -4.30. The van der Waals surface area contributed by atoms with Gasteiger partial charge < -0.3 is 14.6 Å². The highest BCUT2D eigenvalue weighted by Crippen LogP contribution is 2.36. The predicted molar refractivity (Wildman–Crippen MR) is 135 cm³/mol. The van der Waals surface area contributed by atoms with Crippen LogP contribution in [0.5, 0.6) is 5.75 Å². The van der Waals surface area contributed by atoms with Gasteiger partial charge in [0.05, 0.1) is 32.4 Å². The molecule has 0 bridgehead atoms. The second kappa shape index (κ2) is 10.8. The molecule has 2 atom stereocenters. The standard InChI is InChI=1S/C28H26F4N2O4/c1-16-12-19(22-14-21(37-2)10-11-24(22)29)7-6-18(16)13-17-4-8-20(9-5-17)34-25(27(36)38-3)23(15-35)26(33-34)28(30,31)32/h4-12,14,23,25,35H,13,15H2,1-3H3. The number of carbonyl (C=O) groups excluding carboxylic acids is 1. The first-order valence-corrected chi connectivity index (χ1v) is 11.7. The average molecular weight is 531 g/mol. The van der Waals surface area contributed by atoms with E-state index in [2.05, 4.69) is 5.10 Å². The topological polar surface area (TPSA) is 71.4 Å². The highest BCUT2D eigenvalue weighted by atomic mass is 19.4. The third-order valence-electron chi connectivity index (χ3n) is 6.56. The number of rotatable bonds is 7. The minimum absolute atomic E-state index is 0.252. The zero-order chi connectivity index (χ0) is 27.6. The van der Waals surface area contributed by atoms with Crippen LogP contribution in [0.15, 0.2) is 65.8 Å². The summed E-state index contributed by atoms with van der Waals surface area (Å²) < 4.78 is 64.9. The lowest BCUT2D eigenvalue weighted by Crippen LogP contribution is -2.44. The van der Waals surface area contributed by atoms with Crippen molar-refractivity contribution in [3.8, 4) is 16.9 Å². The fourth-order valence-corrected chi connectivity index (χ4v) is 4.53. The highest BCUT2D eigenvalue weighted by molar-refractivity contribution is 6.01. The van der Waals surface area contributed by atoms with Gasteiger partial charge >= 0.3 is 12.1 Å². The fraction of sp³-hybridized carbons (Fsp3) is 0.286. The normalized spacial score (nSPS) is 17.4. The van der Waals surface area contributed by atoms with E-state index in [1.807, 2.05) is 25.1 Å². The molecule has 200 valence electrons. The number of hydrogen-bond donors (Lipinski definition) is 1. The summed E-state index contributed by atoms with van der Waals surface area (Å²) in [6.45, 7) is 1.00. The second-order valence-electron chi connectivity index (χ2n) is 8.91. The molecule has 0 radical (unpaired) electrons. The van der Waals surface area contributed by atoms with E-state index in [9.17, 15) is 27.5 Å². The zero-order valence-electron chi connectivity index (χ0n) is 20.9. The minimum atomic E-state index is -4.81. The molecule has 1 N–H and O–H groups in total. The Morgan fingerprint density at radius 1 is 1.05 bits per heavy atom. The van der Waals surface area contributed by atoms with Crippen LogP contribution < -0.4 is 9.75 Å². The molecule has 3 aromatic rings. The molecule has 1 heterocycles. The Balaban J connectivity index is 1.58. The third-order valence-corrected chi connectivity index (χ3v) is 6.56. The maximum atomic E-state index is 14.4. The van der Waals surface area contributed by atoms with Gasteiger partial charge in [-0.1, -0.05) is 30.3 Å². The van der Waals surface area contributed by atoms with Gasteiger partial charge in [-0.25, -0.2) is 9.18 Å². The van der Waals surface area contributed by atoms with Crippen molar-refractivity contribution in [2.24, 2.45) is 11.0 Å². The summed E-state index contributed by atoms with van der Waals surface area (Å²) in [6, 6.07) is 15.3. The van der Waals surface area contributed by atoms with Crippen LogP contribution in [0.4, 0.5) is 23.2 Å². The van der Waals surface area contributed by atoms with Crippen molar-refractivity contribution in [3.63, 3.8) is 0 Å². The largest absolute Gasteiger partial charge is 0.497 e. The van der Waals surface area contributed by atoms with Crippen LogP contribution in [0.1, 0.15) is 16.7 Å². The van der Waals surface area contributed by atoms with Gasteiger partial charge in [0.15, 0.2) is 6.04 Å². The maximum Gasteiger partial charge on any atom is 0.431 e. The van der Waals surface area contributed by atoms with Gasteiger partial charge in [0.2, 0.25) is 0 Å². The molecule has 0 amide bonds. The van der Waals surface area contributed by atoms with Crippen molar-refractivity contribution < 1.29 is 36.9 Å². The lowest BCUT2D eigenvalue weighted by Gasteiger charge is -2.25. The first-order chi connectivity index (χ1) is 18.1. The second-order valence-corrected chi connectivity index (χ2v) is 8.91. The number of carbonyl (C=O) groups is 1. The van der Waals surface area contributed by atoms with E-state index < -0.39 is 36.4 Å². The summed E-state index contributed by atoms with van der Waals surface area (Å²) in [7, 11) is 2.59. The smallest absolute Gasteiger partial charge is 0.431 e. The van der Waals surface area contributed by atoms with Crippen molar-refractivity contribution in [2.45, 2.75) is 25.6 Å². The van der Waals surface area contributed by atoms with E-state index in [0.29, 0.717) is 23.3 Å². The number of alkyl halides is 3. The van der Waals surface area contributed by atoms with E-state index in [0.717, 1.165) is 28.8 Å².